The van der Waals surface area contributed by atoms with Crippen LogP contribution >= 0.6 is 11.6 Å². The van der Waals surface area contributed by atoms with Gasteiger partial charge in [0.05, 0.1) is 5.69 Å². The highest BCUT2D eigenvalue weighted by Gasteiger charge is 2.20. The van der Waals surface area contributed by atoms with Crippen molar-refractivity contribution in [3.05, 3.63) is 47.4 Å². The van der Waals surface area contributed by atoms with Crippen LogP contribution in [0.2, 0.25) is 5.02 Å². The zero-order valence-electron chi connectivity index (χ0n) is 9.97. The van der Waals surface area contributed by atoms with Crippen molar-refractivity contribution in [3.8, 4) is 0 Å². The molecule has 0 radical (unpaired) electrons. The minimum absolute atomic E-state index is 0.0533. The van der Waals surface area contributed by atoms with E-state index in [0.717, 1.165) is 6.07 Å². The van der Waals surface area contributed by atoms with Gasteiger partial charge in [0.15, 0.2) is 5.82 Å². The normalized spacial score (nSPS) is 11.2. The first kappa shape index (κ1) is 14.5. The predicted molar refractivity (Wildman–Crippen MR) is 74.3 cm³/mol. The monoisotopic (exact) mass is 316 g/mol. The maximum atomic E-state index is 13.6. The number of hydrazine groups is 1. The summed E-state index contributed by atoms with van der Waals surface area (Å²) in [5, 5.41) is 0.201. The van der Waals surface area contributed by atoms with Crippen LogP contribution < -0.4 is 16.0 Å². The molecule has 0 aliphatic carbocycles. The first-order valence-electron chi connectivity index (χ1n) is 5.33. The number of rotatable bonds is 4. The lowest BCUT2D eigenvalue weighted by Gasteiger charge is -2.11. The van der Waals surface area contributed by atoms with Crippen LogP contribution in [0.15, 0.2) is 41.4 Å². The summed E-state index contributed by atoms with van der Waals surface area (Å²) in [6, 6.07) is 6.24. The highest BCUT2D eigenvalue weighted by molar-refractivity contribution is 7.92. The molecule has 1 aromatic heterocycles. The van der Waals surface area contributed by atoms with E-state index in [4.69, 9.17) is 17.4 Å². The molecule has 0 unspecified atom stereocenters. The SMILES string of the molecule is NNc1ncccc1S(=O)(=O)Nc1cc(Cl)ccc1F. The summed E-state index contributed by atoms with van der Waals surface area (Å²) in [5.74, 6) is 4.40. The Labute approximate surface area is 119 Å². The Morgan fingerprint density at radius 3 is 2.75 bits per heavy atom. The summed E-state index contributed by atoms with van der Waals surface area (Å²) >= 11 is 5.70. The Morgan fingerprint density at radius 1 is 1.30 bits per heavy atom. The Balaban J connectivity index is 2.43. The number of aromatic nitrogens is 1. The van der Waals surface area contributed by atoms with Crippen LogP contribution in [0.25, 0.3) is 0 Å². The standard InChI is InChI=1S/C11H10ClFN4O2S/c12-7-3-4-8(13)9(6-7)17-20(18,19)10-2-1-5-15-11(10)16-14/h1-6,17H,14H2,(H,15,16). The van der Waals surface area contributed by atoms with Crippen LogP contribution in [0.4, 0.5) is 15.9 Å². The highest BCUT2D eigenvalue weighted by atomic mass is 35.5. The van der Waals surface area contributed by atoms with E-state index in [-0.39, 0.29) is 21.4 Å². The predicted octanol–water partition coefficient (Wildman–Crippen LogP) is 1.96. The topological polar surface area (TPSA) is 97.1 Å². The van der Waals surface area contributed by atoms with Gasteiger partial charge in [0.25, 0.3) is 10.0 Å². The quantitative estimate of drug-likeness (QED) is 0.592. The number of anilines is 2. The van der Waals surface area contributed by atoms with Gasteiger partial charge in [-0.05, 0) is 30.3 Å². The summed E-state index contributed by atoms with van der Waals surface area (Å²) in [4.78, 5) is 3.56. The van der Waals surface area contributed by atoms with Crippen LogP contribution in [0.5, 0.6) is 0 Å². The molecule has 0 aliphatic heterocycles. The highest BCUT2D eigenvalue weighted by Crippen LogP contribution is 2.24. The van der Waals surface area contributed by atoms with Crippen molar-refractivity contribution in [1.82, 2.24) is 4.98 Å². The van der Waals surface area contributed by atoms with Gasteiger partial charge >= 0.3 is 0 Å². The molecular formula is C11H10ClFN4O2S. The van der Waals surface area contributed by atoms with Crippen molar-refractivity contribution in [2.24, 2.45) is 5.84 Å². The van der Waals surface area contributed by atoms with E-state index in [1.807, 2.05) is 0 Å². The number of nitrogen functional groups attached to an aromatic ring is 1. The summed E-state index contributed by atoms with van der Waals surface area (Å²) in [5.41, 5.74) is 1.90. The van der Waals surface area contributed by atoms with Crippen molar-refractivity contribution in [1.29, 1.82) is 0 Å². The Morgan fingerprint density at radius 2 is 2.05 bits per heavy atom. The Kier molecular flexibility index (Phi) is 4.07. The summed E-state index contributed by atoms with van der Waals surface area (Å²) < 4.78 is 40.0. The van der Waals surface area contributed by atoms with Gasteiger partial charge in [-0.25, -0.2) is 23.6 Å². The second kappa shape index (κ2) is 5.61. The van der Waals surface area contributed by atoms with Crippen LogP contribution in [0, 0.1) is 5.82 Å². The number of halogens is 2. The van der Waals surface area contributed by atoms with Crippen molar-refractivity contribution >= 4 is 33.1 Å². The third kappa shape index (κ3) is 2.98. The number of nitrogens with zero attached hydrogens (tertiary/aromatic N) is 1. The van der Waals surface area contributed by atoms with Crippen molar-refractivity contribution in [3.63, 3.8) is 0 Å². The van der Waals surface area contributed by atoms with Gasteiger partial charge < -0.3 is 5.43 Å². The van der Waals surface area contributed by atoms with Crippen LogP contribution in [0.1, 0.15) is 0 Å². The van der Waals surface area contributed by atoms with Gasteiger partial charge in [0.2, 0.25) is 0 Å². The molecule has 0 aliphatic rings. The molecule has 4 N–H and O–H groups in total. The number of pyridine rings is 1. The zero-order chi connectivity index (χ0) is 14.8. The molecule has 0 spiro atoms. The molecule has 6 nitrogen and oxygen atoms in total. The maximum Gasteiger partial charge on any atom is 0.265 e. The fourth-order valence-electron chi connectivity index (χ4n) is 1.49. The van der Waals surface area contributed by atoms with Crippen molar-refractivity contribution < 1.29 is 12.8 Å². The summed E-state index contributed by atoms with van der Waals surface area (Å²) in [7, 11) is -4.05. The first-order chi connectivity index (χ1) is 9.44. The molecule has 1 heterocycles. The van der Waals surface area contributed by atoms with E-state index in [0.29, 0.717) is 0 Å². The molecule has 0 saturated carbocycles. The summed E-state index contributed by atoms with van der Waals surface area (Å²) in [6.07, 6.45) is 1.37. The number of hydrogen-bond acceptors (Lipinski definition) is 5. The van der Waals surface area contributed by atoms with Crippen molar-refractivity contribution in [2.75, 3.05) is 10.1 Å². The van der Waals surface area contributed by atoms with E-state index in [1.165, 1.54) is 30.5 Å². The van der Waals surface area contributed by atoms with Gasteiger partial charge in [-0.1, -0.05) is 11.6 Å². The molecule has 1 aromatic carbocycles. The van der Waals surface area contributed by atoms with Gasteiger partial charge in [-0.15, -0.1) is 0 Å². The lowest BCUT2D eigenvalue weighted by Crippen LogP contribution is -2.19. The lowest BCUT2D eigenvalue weighted by atomic mass is 10.3. The van der Waals surface area contributed by atoms with E-state index in [9.17, 15) is 12.8 Å². The molecule has 0 amide bonds. The third-order valence-electron chi connectivity index (χ3n) is 2.37. The zero-order valence-corrected chi connectivity index (χ0v) is 11.5. The molecule has 2 rings (SSSR count). The Bertz CT molecular complexity index is 739. The minimum atomic E-state index is -4.05. The van der Waals surface area contributed by atoms with E-state index >= 15 is 0 Å². The minimum Gasteiger partial charge on any atom is -0.307 e. The molecular weight excluding hydrogens is 307 g/mol. The second-order valence-corrected chi connectivity index (χ2v) is 5.81. The smallest absolute Gasteiger partial charge is 0.265 e. The fraction of sp³-hybridized carbons (Fsp3) is 0. The largest absolute Gasteiger partial charge is 0.307 e. The van der Waals surface area contributed by atoms with Gasteiger partial charge in [0.1, 0.15) is 10.7 Å². The average molecular weight is 317 g/mol. The first-order valence-corrected chi connectivity index (χ1v) is 7.19. The number of nitrogens with two attached hydrogens (primary N) is 1. The second-order valence-electron chi connectivity index (χ2n) is 3.72. The van der Waals surface area contributed by atoms with Crippen molar-refractivity contribution in [2.45, 2.75) is 4.90 Å². The molecule has 9 heteroatoms. The molecule has 0 saturated heterocycles. The fourth-order valence-corrected chi connectivity index (χ4v) is 2.84. The molecule has 0 atom stereocenters. The maximum absolute atomic E-state index is 13.6. The Hall–Kier alpha value is -1.90. The van der Waals surface area contributed by atoms with Crippen LogP contribution in [-0.4, -0.2) is 13.4 Å². The van der Waals surface area contributed by atoms with Crippen LogP contribution in [-0.2, 0) is 10.0 Å². The summed E-state index contributed by atoms with van der Waals surface area (Å²) in [6.45, 7) is 0. The lowest BCUT2D eigenvalue weighted by molar-refractivity contribution is 0.598. The molecule has 0 bridgehead atoms. The third-order valence-corrected chi connectivity index (χ3v) is 4.00. The van der Waals surface area contributed by atoms with Crippen LogP contribution in [0.3, 0.4) is 0 Å². The number of hydrogen-bond donors (Lipinski definition) is 3. The van der Waals surface area contributed by atoms with Gasteiger partial charge in [0, 0.05) is 11.2 Å². The van der Waals surface area contributed by atoms with E-state index < -0.39 is 15.8 Å². The number of benzene rings is 1. The van der Waals surface area contributed by atoms with Gasteiger partial charge in [-0.2, -0.15) is 0 Å². The number of sulfonamides is 1. The molecule has 0 fully saturated rings. The van der Waals surface area contributed by atoms with E-state index in [1.54, 1.807) is 0 Å². The molecule has 106 valence electrons. The number of nitrogens with one attached hydrogen (secondary N) is 2. The average Bonchev–Trinajstić information content (AvgIpc) is 2.42. The van der Waals surface area contributed by atoms with E-state index in [2.05, 4.69) is 15.1 Å². The van der Waals surface area contributed by atoms with Gasteiger partial charge in [-0.3, -0.25) is 4.72 Å². The molecule has 2 aromatic rings. The molecule has 20 heavy (non-hydrogen) atoms.